The number of benzene rings is 2. The minimum atomic E-state index is -0.643. The molecule has 5 heteroatoms. The zero-order chi connectivity index (χ0) is 19.2. The van der Waals surface area contributed by atoms with Crippen LogP contribution in [0.15, 0.2) is 65.5 Å². The van der Waals surface area contributed by atoms with Crippen molar-refractivity contribution >= 4 is 27.9 Å². The molecule has 0 amide bonds. The van der Waals surface area contributed by atoms with E-state index < -0.39 is 11.7 Å². The molecule has 0 aliphatic rings. The van der Waals surface area contributed by atoms with Gasteiger partial charge < -0.3 is 9.72 Å². The maximum absolute atomic E-state index is 12.9. The van der Waals surface area contributed by atoms with Gasteiger partial charge in [0, 0.05) is 10.9 Å². The highest BCUT2D eigenvalue weighted by atomic mass is 16.6. The van der Waals surface area contributed by atoms with Crippen molar-refractivity contribution < 1.29 is 9.53 Å². The van der Waals surface area contributed by atoms with Gasteiger partial charge in [-0.05, 0) is 50.4 Å². The number of nitrogens with one attached hydrogen (secondary N) is 1. The maximum atomic E-state index is 12.9. The van der Waals surface area contributed by atoms with E-state index >= 15 is 0 Å². The summed E-state index contributed by atoms with van der Waals surface area (Å²) in [5.41, 5.74) is 1.50. The molecule has 0 aliphatic heterocycles. The third-order valence-electron chi connectivity index (χ3n) is 4.32. The van der Waals surface area contributed by atoms with Gasteiger partial charge in [0.25, 0.3) is 5.56 Å². The van der Waals surface area contributed by atoms with Gasteiger partial charge in [0.15, 0.2) is 0 Å². The number of nitrogens with zero attached hydrogens (tertiary/aromatic N) is 1. The predicted octanol–water partition coefficient (Wildman–Crippen LogP) is 4.93. The van der Waals surface area contributed by atoms with Crippen molar-refractivity contribution in [3.8, 4) is 11.3 Å². The molecule has 0 bridgehead atoms. The van der Waals surface area contributed by atoms with Gasteiger partial charge in [-0.2, -0.15) is 0 Å². The molecule has 136 valence electrons. The van der Waals surface area contributed by atoms with Gasteiger partial charge in [-0.3, -0.25) is 4.79 Å². The van der Waals surface area contributed by atoms with E-state index in [-0.39, 0.29) is 5.56 Å². The van der Waals surface area contributed by atoms with Crippen molar-refractivity contribution in [2.75, 3.05) is 0 Å². The fourth-order valence-electron chi connectivity index (χ4n) is 3.19. The van der Waals surface area contributed by atoms with Crippen molar-refractivity contribution in [3.63, 3.8) is 0 Å². The lowest BCUT2D eigenvalue weighted by Gasteiger charge is -2.21. The number of para-hydroxylation sites is 2. The molecule has 4 rings (SSSR count). The monoisotopic (exact) mass is 360 g/mol. The summed E-state index contributed by atoms with van der Waals surface area (Å²) in [4.78, 5) is 28.6. The topological polar surface area (TPSA) is 64.1 Å². The van der Waals surface area contributed by atoms with Gasteiger partial charge in [-0.25, -0.2) is 9.36 Å². The van der Waals surface area contributed by atoms with E-state index in [1.165, 1.54) is 4.57 Å². The van der Waals surface area contributed by atoms with Crippen molar-refractivity contribution in [3.05, 3.63) is 71.0 Å². The zero-order valence-electron chi connectivity index (χ0n) is 15.4. The molecule has 0 spiro atoms. The highest BCUT2D eigenvalue weighted by molar-refractivity contribution is 5.97. The quantitative estimate of drug-likeness (QED) is 0.523. The molecule has 2 aromatic carbocycles. The van der Waals surface area contributed by atoms with E-state index in [4.69, 9.17) is 4.74 Å². The third kappa shape index (κ3) is 3.12. The van der Waals surface area contributed by atoms with Crippen LogP contribution in [-0.2, 0) is 4.74 Å². The normalized spacial score (nSPS) is 11.8. The lowest BCUT2D eigenvalue weighted by atomic mass is 10.1. The van der Waals surface area contributed by atoms with E-state index in [9.17, 15) is 9.59 Å². The Morgan fingerprint density at radius 3 is 2.37 bits per heavy atom. The Morgan fingerprint density at radius 1 is 0.963 bits per heavy atom. The van der Waals surface area contributed by atoms with Gasteiger partial charge in [0.05, 0.1) is 16.8 Å². The van der Waals surface area contributed by atoms with Crippen LogP contribution < -0.4 is 5.56 Å². The molecule has 2 heterocycles. The minimum Gasteiger partial charge on any atom is -0.443 e. The number of ether oxygens (including phenoxy) is 1. The van der Waals surface area contributed by atoms with Gasteiger partial charge in [-0.1, -0.05) is 36.4 Å². The lowest BCUT2D eigenvalue weighted by Crippen LogP contribution is -2.28. The predicted molar refractivity (Wildman–Crippen MR) is 107 cm³/mol. The van der Waals surface area contributed by atoms with E-state index in [2.05, 4.69) is 4.98 Å². The second kappa shape index (κ2) is 6.13. The molecule has 27 heavy (non-hydrogen) atoms. The number of aromatic amines is 1. The van der Waals surface area contributed by atoms with Crippen LogP contribution in [0.5, 0.6) is 0 Å². The van der Waals surface area contributed by atoms with Crippen molar-refractivity contribution in [1.82, 2.24) is 9.55 Å². The van der Waals surface area contributed by atoms with Crippen LogP contribution in [0.4, 0.5) is 4.79 Å². The fourth-order valence-corrected chi connectivity index (χ4v) is 3.19. The average molecular weight is 360 g/mol. The molecule has 1 N–H and O–H groups in total. The van der Waals surface area contributed by atoms with Crippen LogP contribution in [0.1, 0.15) is 20.8 Å². The summed E-state index contributed by atoms with van der Waals surface area (Å²) >= 11 is 0. The number of H-pyrrole nitrogens is 1. The van der Waals surface area contributed by atoms with Gasteiger partial charge in [0.2, 0.25) is 0 Å². The fraction of sp³-hybridized carbons (Fsp3) is 0.182. The molecule has 0 saturated heterocycles. The summed E-state index contributed by atoms with van der Waals surface area (Å²) in [6.07, 6.45) is -0.508. The maximum Gasteiger partial charge on any atom is 0.419 e. The molecule has 0 unspecified atom stereocenters. The molecule has 0 fully saturated rings. The number of carbonyl (C=O) groups is 1. The number of pyridine rings is 1. The second-order valence-corrected chi connectivity index (χ2v) is 7.50. The zero-order valence-corrected chi connectivity index (χ0v) is 15.4. The summed E-state index contributed by atoms with van der Waals surface area (Å²) in [7, 11) is 0. The first-order chi connectivity index (χ1) is 12.8. The first kappa shape index (κ1) is 17.1. The van der Waals surface area contributed by atoms with Crippen LogP contribution in [0.2, 0.25) is 0 Å². The Morgan fingerprint density at radius 2 is 1.63 bits per heavy atom. The van der Waals surface area contributed by atoms with Crippen LogP contribution in [-0.4, -0.2) is 21.2 Å². The van der Waals surface area contributed by atoms with E-state index in [0.717, 1.165) is 16.3 Å². The summed E-state index contributed by atoms with van der Waals surface area (Å²) in [5, 5.41) is 1.76. The second-order valence-electron chi connectivity index (χ2n) is 7.50. The molecule has 0 atom stereocenters. The summed E-state index contributed by atoms with van der Waals surface area (Å²) < 4.78 is 7.06. The Hall–Kier alpha value is -3.34. The van der Waals surface area contributed by atoms with Crippen molar-refractivity contribution in [1.29, 1.82) is 0 Å². The third-order valence-corrected chi connectivity index (χ3v) is 4.32. The summed E-state index contributed by atoms with van der Waals surface area (Å²) in [5.74, 6) is 0. The first-order valence-electron chi connectivity index (χ1n) is 8.80. The summed E-state index contributed by atoms with van der Waals surface area (Å²) in [6.45, 7) is 5.46. The molecule has 0 saturated carbocycles. The largest absolute Gasteiger partial charge is 0.443 e. The Bertz CT molecular complexity index is 1230. The van der Waals surface area contributed by atoms with E-state index in [1.807, 2.05) is 81.4 Å². The van der Waals surface area contributed by atoms with Crippen LogP contribution in [0.25, 0.3) is 33.1 Å². The molecule has 2 aromatic heterocycles. The van der Waals surface area contributed by atoms with Crippen LogP contribution >= 0.6 is 0 Å². The number of aromatic nitrogens is 2. The standard InChI is InChI=1S/C22H20N2O3/c1-22(2,3)27-21(26)24-18-11-7-5-9-15(18)13-19(24)16-12-14-8-4-6-10-17(14)23-20(16)25/h4-13H,1-3H3,(H,23,25). The van der Waals surface area contributed by atoms with E-state index in [0.29, 0.717) is 16.8 Å². The molecule has 5 nitrogen and oxygen atoms in total. The smallest absolute Gasteiger partial charge is 0.419 e. The minimum absolute atomic E-state index is 0.249. The highest BCUT2D eigenvalue weighted by Gasteiger charge is 2.23. The van der Waals surface area contributed by atoms with Crippen molar-refractivity contribution in [2.45, 2.75) is 26.4 Å². The molecule has 0 radical (unpaired) electrons. The number of rotatable bonds is 1. The number of hydrogen-bond acceptors (Lipinski definition) is 3. The van der Waals surface area contributed by atoms with Gasteiger partial charge in [0.1, 0.15) is 5.60 Å². The molecule has 4 aromatic rings. The lowest BCUT2D eigenvalue weighted by molar-refractivity contribution is 0.0547. The van der Waals surface area contributed by atoms with Gasteiger partial charge >= 0.3 is 6.09 Å². The Kier molecular flexibility index (Phi) is 3.88. The SMILES string of the molecule is CC(C)(C)OC(=O)n1c(-c2cc3ccccc3[nH]c2=O)cc2ccccc21. The molecule has 0 aliphatic carbocycles. The average Bonchev–Trinajstić information content (AvgIpc) is 2.99. The van der Waals surface area contributed by atoms with Crippen LogP contribution in [0.3, 0.4) is 0 Å². The number of fused-ring (bicyclic) bond motifs is 2. The first-order valence-corrected chi connectivity index (χ1v) is 8.80. The summed E-state index contributed by atoms with van der Waals surface area (Å²) in [6, 6.07) is 18.7. The highest BCUT2D eigenvalue weighted by Crippen LogP contribution is 2.28. The van der Waals surface area contributed by atoms with Crippen LogP contribution in [0, 0.1) is 0 Å². The van der Waals surface area contributed by atoms with Crippen molar-refractivity contribution in [2.24, 2.45) is 0 Å². The van der Waals surface area contributed by atoms with E-state index in [1.54, 1.807) is 0 Å². The molecular formula is C22H20N2O3. The number of hydrogen-bond donors (Lipinski definition) is 1. The Balaban J connectivity index is 2.00. The number of carbonyl (C=O) groups excluding carboxylic acids is 1. The molecular weight excluding hydrogens is 340 g/mol. The van der Waals surface area contributed by atoms with Gasteiger partial charge in [-0.15, -0.1) is 0 Å². The Labute approximate surface area is 156 Å².